The fourth-order valence-electron chi connectivity index (χ4n) is 5.66. The second-order valence-electron chi connectivity index (χ2n) is 10.9. The summed E-state index contributed by atoms with van der Waals surface area (Å²) in [4.78, 5) is 40.7. The lowest BCUT2D eigenvalue weighted by Crippen LogP contribution is -2.37. The van der Waals surface area contributed by atoms with E-state index in [1.807, 2.05) is 0 Å². The molecule has 0 radical (unpaired) electrons. The number of nitrogens with zero attached hydrogens (tertiary/aromatic N) is 2. The highest BCUT2D eigenvalue weighted by Crippen LogP contribution is 2.39. The Morgan fingerprint density at radius 3 is 2.56 bits per heavy atom. The zero-order valence-corrected chi connectivity index (χ0v) is 24.2. The van der Waals surface area contributed by atoms with E-state index < -0.39 is 41.4 Å². The van der Waals surface area contributed by atoms with Crippen LogP contribution in [0, 0.1) is 23.4 Å². The predicted molar refractivity (Wildman–Crippen MR) is 158 cm³/mol. The van der Waals surface area contributed by atoms with Crippen LogP contribution in [0.2, 0.25) is 5.02 Å². The van der Waals surface area contributed by atoms with Crippen molar-refractivity contribution < 1.29 is 32.7 Å². The summed E-state index contributed by atoms with van der Waals surface area (Å²) in [5.41, 5.74) is 1.92. The molecule has 3 aromatic rings. The maximum absolute atomic E-state index is 15.2. The fourth-order valence-corrected chi connectivity index (χ4v) is 5.81. The molecule has 2 atom stereocenters. The van der Waals surface area contributed by atoms with Gasteiger partial charge in [-0.3, -0.25) is 14.5 Å². The van der Waals surface area contributed by atoms with Crippen LogP contribution in [0.4, 0.5) is 29.3 Å². The van der Waals surface area contributed by atoms with Crippen molar-refractivity contribution in [2.75, 3.05) is 23.8 Å². The second-order valence-corrected chi connectivity index (χ2v) is 11.3. The zero-order chi connectivity index (χ0) is 31.0. The van der Waals surface area contributed by atoms with E-state index in [0.717, 1.165) is 17.0 Å². The first-order valence-corrected chi connectivity index (χ1v) is 14.2. The van der Waals surface area contributed by atoms with Gasteiger partial charge in [-0.2, -0.15) is 0 Å². The van der Waals surface area contributed by atoms with E-state index in [-0.39, 0.29) is 35.0 Å². The van der Waals surface area contributed by atoms with Gasteiger partial charge in [0.15, 0.2) is 5.82 Å². The van der Waals surface area contributed by atoms with Gasteiger partial charge < -0.3 is 15.3 Å². The summed E-state index contributed by atoms with van der Waals surface area (Å²) in [7, 11) is 1.37. The van der Waals surface area contributed by atoms with E-state index >= 15 is 4.39 Å². The summed E-state index contributed by atoms with van der Waals surface area (Å²) < 4.78 is 44.5. The molecule has 2 bridgehead atoms. The van der Waals surface area contributed by atoms with Crippen molar-refractivity contribution >= 4 is 46.5 Å². The Labute approximate surface area is 251 Å². The van der Waals surface area contributed by atoms with Crippen LogP contribution >= 0.6 is 11.6 Å². The maximum Gasteiger partial charge on any atom is 0.411 e. The summed E-state index contributed by atoms with van der Waals surface area (Å²) in [6, 6.07) is 10.7. The number of carboxylic acid groups (broad SMARTS) is 1. The number of carbonyl (C=O) groups excluding carboxylic acids is 2. The Hall–Kier alpha value is -4.31. The van der Waals surface area contributed by atoms with Crippen LogP contribution in [0.3, 0.4) is 0 Å². The topological polar surface area (TPSA) is 90.0 Å². The average Bonchev–Trinajstić information content (AvgIpc) is 2.96. The number of amides is 3. The number of nitrogens with one attached hydrogen (secondary N) is 1. The molecule has 0 unspecified atom stereocenters. The van der Waals surface area contributed by atoms with Gasteiger partial charge in [-0.1, -0.05) is 31.0 Å². The van der Waals surface area contributed by atoms with Crippen LogP contribution < -0.4 is 10.2 Å². The molecule has 0 spiro atoms. The van der Waals surface area contributed by atoms with E-state index in [1.165, 1.54) is 31.3 Å². The molecule has 0 saturated heterocycles. The smallest absolute Gasteiger partial charge is 0.411 e. The molecule has 2 aliphatic heterocycles. The molecule has 0 fully saturated rings. The van der Waals surface area contributed by atoms with Gasteiger partial charge in [0.1, 0.15) is 11.6 Å². The minimum Gasteiger partial charge on any atom is -0.465 e. The van der Waals surface area contributed by atoms with Crippen LogP contribution in [-0.4, -0.2) is 41.5 Å². The highest BCUT2D eigenvalue weighted by molar-refractivity contribution is 6.31. The van der Waals surface area contributed by atoms with E-state index in [9.17, 15) is 28.3 Å². The number of anilines is 2. The Morgan fingerprint density at radius 1 is 1.07 bits per heavy atom. The van der Waals surface area contributed by atoms with Crippen LogP contribution in [0.5, 0.6) is 0 Å². The summed E-state index contributed by atoms with van der Waals surface area (Å²) in [5, 5.41) is 12.1. The fraction of sp³-hybridized carbons (Fsp3) is 0.281. The average molecular weight is 612 g/mol. The third kappa shape index (κ3) is 6.10. The van der Waals surface area contributed by atoms with Gasteiger partial charge in [0, 0.05) is 36.8 Å². The third-order valence-corrected chi connectivity index (χ3v) is 8.35. The molecule has 0 saturated carbocycles. The van der Waals surface area contributed by atoms with Crippen molar-refractivity contribution in [2.45, 2.75) is 38.6 Å². The van der Waals surface area contributed by atoms with Crippen LogP contribution in [0.25, 0.3) is 16.7 Å². The Kier molecular flexibility index (Phi) is 8.50. The zero-order valence-electron chi connectivity index (χ0n) is 23.5. The van der Waals surface area contributed by atoms with Crippen LogP contribution in [0.1, 0.15) is 49.8 Å². The van der Waals surface area contributed by atoms with Gasteiger partial charge in [-0.25, -0.2) is 18.0 Å². The van der Waals surface area contributed by atoms with Gasteiger partial charge in [0.25, 0.3) is 0 Å². The Balaban J connectivity index is 1.57. The molecule has 2 aliphatic rings. The van der Waals surface area contributed by atoms with Crippen LogP contribution in [0.15, 0.2) is 54.6 Å². The summed E-state index contributed by atoms with van der Waals surface area (Å²) in [6.45, 7) is 1.90. The van der Waals surface area contributed by atoms with E-state index in [1.54, 1.807) is 30.0 Å². The molecule has 2 heterocycles. The van der Waals surface area contributed by atoms with Crippen molar-refractivity contribution in [3.8, 4) is 11.1 Å². The van der Waals surface area contributed by atoms with E-state index in [4.69, 9.17) is 11.6 Å². The highest BCUT2D eigenvalue weighted by Gasteiger charge is 2.31. The number of halogens is 4. The molecule has 3 amide bonds. The molecular weight excluding hydrogens is 583 g/mol. The third-order valence-electron chi connectivity index (χ3n) is 8.06. The minimum atomic E-state index is -1.19. The number of hydrogen-bond acceptors (Lipinski definition) is 3. The molecule has 43 heavy (non-hydrogen) atoms. The Morgan fingerprint density at radius 2 is 1.84 bits per heavy atom. The lowest BCUT2D eigenvalue weighted by Gasteiger charge is -2.35. The molecule has 0 aromatic heterocycles. The number of hydrogen-bond donors (Lipinski definition) is 2. The lowest BCUT2D eigenvalue weighted by molar-refractivity contribution is -0.129. The SMILES string of the molecule is C[C@@H]1CCC[C@H](N2CCC(c3c(F)ccc(Cl)c3F)=CC2=O)c2cc(F)cc(c2)-c2ccc(N(C)C(=O)O)cc2NC1=O. The quantitative estimate of drug-likeness (QED) is 0.298. The first-order valence-electron chi connectivity index (χ1n) is 13.8. The van der Waals surface area contributed by atoms with Crippen LogP contribution in [-0.2, 0) is 9.59 Å². The van der Waals surface area contributed by atoms with Crippen molar-refractivity contribution in [1.82, 2.24) is 4.90 Å². The summed E-state index contributed by atoms with van der Waals surface area (Å²) in [6.07, 6.45) is 1.58. The molecular formula is C32H29ClF3N3O4. The number of benzene rings is 3. The molecule has 5 rings (SSSR count). The number of fused-ring (bicyclic) bond motifs is 4. The maximum atomic E-state index is 15.2. The first kappa shape index (κ1) is 30.2. The van der Waals surface area contributed by atoms with Gasteiger partial charge in [0.05, 0.1) is 22.3 Å². The first-order chi connectivity index (χ1) is 20.4. The Bertz CT molecular complexity index is 1660. The monoisotopic (exact) mass is 611 g/mol. The van der Waals surface area contributed by atoms with Gasteiger partial charge in [0.2, 0.25) is 11.8 Å². The number of carbonyl (C=O) groups is 3. The second kappa shape index (κ2) is 12.1. The molecule has 0 aliphatic carbocycles. The lowest BCUT2D eigenvalue weighted by atomic mass is 9.90. The van der Waals surface area contributed by atoms with Crippen molar-refractivity contribution in [3.05, 3.63) is 88.2 Å². The van der Waals surface area contributed by atoms with Crippen molar-refractivity contribution in [2.24, 2.45) is 5.92 Å². The van der Waals surface area contributed by atoms with E-state index in [2.05, 4.69) is 5.32 Å². The highest BCUT2D eigenvalue weighted by atomic mass is 35.5. The molecule has 11 heteroatoms. The minimum absolute atomic E-state index is 0.129. The van der Waals surface area contributed by atoms with E-state index in [0.29, 0.717) is 47.3 Å². The van der Waals surface area contributed by atoms with Crippen molar-refractivity contribution in [3.63, 3.8) is 0 Å². The van der Waals surface area contributed by atoms with Gasteiger partial charge in [-0.15, -0.1) is 0 Å². The molecule has 224 valence electrons. The molecule has 3 aromatic carbocycles. The summed E-state index contributed by atoms with van der Waals surface area (Å²) >= 11 is 5.87. The number of rotatable bonds is 3. The standard InChI is InChI=1S/C32H29ClF3N3O4/c1-17-4-3-5-27(39-11-10-18(15-28(39)40)29-25(35)9-8-24(33)30(29)36)20-12-19(13-21(34)14-20)23-7-6-22(38(2)32(42)43)16-26(23)37-31(17)41/h6-9,12-17,27H,3-5,10-11H2,1-2H3,(H,37,41)(H,42,43)/t17-,27+/m1/s1. The molecule has 2 N–H and O–H groups in total. The normalized spacial score (nSPS) is 19.0. The van der Waals surface area contributed by atoms with Gasteiger partial charge in [-0.05, 0) is 78.4 Å². The van der Waals surface area contributed by atoms with Gasteiger partial charge >= 0.3 is 6.09 Å². The molecule has 7 nitrogen and oxygen atoms in total. The predicted octanol–water partition coefficient (Wildman–Crippen LogP) is 7.65. The summed E-state index contributed by atoms with van der Waals surface area (Å²) in [5.74, 6) is -3.48. The van der Waals surface area contributed by atoms with Crippen molar-refractivity contribution in [1.29, 1.82) is 0 Å². The largest absolute Gasteiger partial charge is 0.465 e.